The minimum atomic E-state index is -0.328. The van der Waals surface area contributed by atoms with Gasteiger partial charge in [0.2, 0.25) is 5.91 Å². The van der Waals surface area contributed by atoms with Crippen LogP contribution in [0, 0.1) is 0 Å². The number of rotatable bonds is 2. The molecule has 11 heavy (non-hydrogen) atoms. The van der Waals surface area contributed by atoms with E-state index in [4.69, 9.17) is 5.73 Å². The largest absolute Gasteiger partial charge is 0.391 e. The molecule has 0 aromatic carbocycles. The van der Waals surface area contributed by atoms with E-state index in [9.17, 15) is 9.90 Å². The molecule has 0 aromatic rings. The first-order valence-corrected chi connectivity index (χ1v) is 3.81. The molecule has 64 valence electrons. The van der Waals surface area contributed by atoms with Crippen LogP contribution in [0.2, 0.25) is 0 Å². The molecule has 1 rings (SSSR count). The number of amides is 1. The molecular weight excluding hydrogens is 144 g/mol. The third-order valence-corrected chi connectivity index (χ3v) is 2.20. The summed E-state index contributed by atoms with van der Waals surface area (Å²) < 4.78 is 0. The van der Waals surface area contributed by atoms with Crippen molar-refractivity contribution in [3.63, 3.8) is 0 Å². The lowest BCUT2D eigenvalue weighted by Crippen LogP contribution is -2.38. The molecule has 0 aliphatic carbocycles. The summed E-state index contributed by atoms with van der Waals surface area (Å²) in [6.07, 6.45) is 0.448. The first kappa shape index (κ1) is 8.49. The number of nitrogens with zero attached hydrogens (tertiary/aromatic N) is 1. The molecule has 1 fully saturated rings. The number of hydrogen-bond acceptors (Lipinski definition) is 3. The van der Waals surface area contributed by atoms with Crippen LogP contribution in [0.25, 0.3) is 0 Å². The molecule has 1 saturated heterocycles. The van der Waals surface area contributed by atoms with E-state index in [-0.39, 0.29) is 24.6 Å². The summed E-state index contributed by atoms with van der Waals surface area (Å²) in [7, 11) is 0. The second-order valence-corrected chi connectivity index (χ2v) is 3.03. The second kappa shape index (κ2) is 3.19. The molecule has 0 unspecified atom stereocenters. The van der Waals surface area contributed by atoms with Crippen molar-refractivity contribution in [2.45, 2.75) is 25.5 Å². The fourth-order valence-corrected chi connectivity index (χ4v) is 1.41. The Labute approximate surface area is 66.0 Å². The number of primary amides is 1. The van der Waals surface area contributed by atoms with Gasteiger partial charge in [0, 0.05) is 12.6 Å². The van der Waals surface area contributed by atoms with Gasteiger partial charge in [0.05, 0.1) is 12.6 Å². The Morgan fingerprint density at radius 3 is 2.82 bits per heavy atom. The van der Waals surface area contributed by atoms with Crippen LogP contribution in [0.3, 0.4) is 0 Å². The van der Waals surface area contributed by atoms with E-state index in [1.54, 1.807) is 0 Å². The van der Waals surface area contributed by atoms with Gasteiger partial charge in [0.25, 0.3) is 0 Å². The Balaban J connectivity index is 2.42. The monoisotopic (exact) mass is 158 g/mol. The highest BCUT2D eigenvalue weighted by molar-refractivity contribution is 5.76. The molecule has 2 atom stereocenters. The Kier molecular flexibility index (Phi) is 2.46. The highest BCUT2D eigenvalue weighted by Crippen LogP contribution is 2.15. The maximum Gasteiger partial charge on any atom is 0.231 e. The number of aliphatic hydroxyl groups is 1. The van der Waals surface area contributed by atoms with Crippen molar-refractivity contribution in [3.05, 3.63) is 0 Å². The van der Waals surface area contributed by atoms with Gasteiger partial charge in [-0.25, -0.2) is 0 Å². The molecule has 4 heteroatoms. The molecule has 0 spiro atoms. The lowest BCUT2D eigenvalue weighted by molar-refractivity contribution is -0.119. The normalized spacial score (nSPS) is 32.5. The maximum absolute atomic E-state index is 10.5. The van der Waals surface area contributed by atoms with Gasteiger partial charge < -0.3 is 10.8 Å². The van der Waals surface area contributed by atoms with Crippen molar-refractivity contribution in [3.8, 4) is 0 Å². The zero-order valence-corrected chi connectivity index (χ0v) is 6.66. The summed E-state index contributed by atoms with van der Waals surface area (Å²) in [5, 5.41) is 9.29. The van der Waals surface area contributed by atoms with Crippen LogP contribution in [0.1, 0.15) is 13.3 Å². The average Bonchev–Trinajstić information content (AvgIpc) is 2.18. The SMILES string of the molecule is C[C@H]1[C@H](O)CCN1CC(N)=O. The fraction of sp³-hybridized carbons (Fsp3) is 0.857. The van der Waals surface area contributed by atoms with Crippen molar-refractivity contribution in [2.24, 2.45) is 5.73 Å². The quantitative estimate of drug-likeness (QED) is 0.537. The highest BCUT2D eigenvalue weighted by atomic mass is 16.3. The number of aliphatic hydroxyl groups excluding tert-OH is 1. The number of carbonyl (C=O) groups excluding carboxylic acids is 1. The van der Waals surface area contributed by atoms with E-state index in [1.807, 2.05) is 11.8 Å². The molecule has 0 bridgehead atoms. The van der Waals surface area contributed by atoms with Gasteiger partial charge in [-0.1, -0.05) is 0 Å². The van der Waals surface area contributed by atoms with E-state index >= 15 is 0 Å². The molecule has 3 N–H and O–H groups in total. The topological polar surface area (TPSA) is 66.6 Å². The standard InChI is InChI=1S/C7H14N2O2/c1-5-6(10)2-3-9(5)4-7(8)11/h5-6,10H,2-4H2,1H3,(H2,8,11)/t5-,6+/m0/s1. The predicted molar refractivity (Wildman–Crippen MR) is 40.9 cm³/mol. The Bertz CT molecular complexity index is 161. The summed E-state index contributed by atoms with van der Waals surface area (Å²) >= 11 is 0. The van der Waals surface area contributed by atoms with Gasteiger partial charge in [-0.2, -0.15) is 0 Å². The summed E-state index contributed by atoms with van der Waals surface area (Å²) in [5.41, 5.74) is 5.02. The van der Waals surface area contributed by atoms with Gasteiger partial charge in [0.1, 0.15) is 0 Å². The number of likely N-dealkylation sites (tertiary alicyclic amines) is 1. The molecule has 1 aliphatic rings. The van der Waals surface area contributed by atoms with E-state index in [0.717, 1.165) is 13.0 Å². The van der Waals surface area contributed by atoms with Crippen molar-refractivity contribution in [1.82, 2.24) is 4.90 Å². The number of carbonyl (C=O) groups is 1. The molecule has 1 heterocycles. The van der Waals surface area contributed by atoms with Crippen LogP contribution in [-0.4, -0.2) is 41.1 Å². The first-order chi connectivity index (χ1) is 5.11. The molecule has 0 radical (unpaired) electrons. The van der Waals surface area contributed by atoms with E-state index in [1.165, 1.54) is 0 Å². The van der Waals surface area contributed by atoms with Crippen molar-refractivity contribution < 1.29 is 9.90 Å². The molecule has 1 amide bonds. The number of nitrogens with two attached hydrogens (primary N) is 1. The Morgan fingerprint density at radius 1 is 1.82 bits per heavy atom. The summed E-state index contributed by atoms with van der Waals surface area (Å²) in [6.45, 7) is 2.93. The van der Waals surface area contributed by atoms with Gasteiger partial charge >= 0.3 is 0 Å². The third kappa shape index (κ3) is 1.91. The van der Waals surface area contributed by atoms with Crippen LogP contribution in [0.5, 0.6) is 0 Å². The van der Waals surface area contributed by atoms with Crippen LogP contribution in [-0.2, 0) is 4.79 Å². The highest BCUT2D eigenvalue weighted by Gasteiger charge is 2.29. The molecular formula is C7H14N2O2. The number of hydrogen-bond donors (Lipinski definition) is 2. The van der Waals surface area contributed by atoms with Gasteiger partial charge in [-0.05, 0) is 13.3 Å². The van der Waals surface area contributed by atoms with Gasteiger partial charge in [-0.3, -0.25) is 9.69 Å². The van der Waals surface area contributed by atoms with E-state index in [0.29, 0.717) is 0 Å². The van der Waals surface area contributed by atoms with Crippen LogP contribution >= 0.6 is 0 Å². The minimum absolute atomic E-state index is 0.0718. The van der Waals surface area contributed by atoms with Crippen LogP contribution in [0.15, 0.2) is 0 Å². The van der Waals surface area contributed by atoms with Crippen molar-refractivity contribution >= 4 is 5.91 Å². The lowest BCUT2D eigenvalue weighted by atomic mass is 10.2. The van der Waals surface area contributed by atoms with Gasteiger partial charge in [-0.15, -0.1) is 0 Å². The lowest BCUT2D eigenvalue weighted by Gasteiger charge is -2.20. The smallest absolute Gasteiger partial charge is 0.231 e. The fourth-order valence-electron chi connectivity index (χ4n) is 1.41. The maximum atomic E-state index is 10.5. The molecule has 1 aliphatic heterocycles. The van der Waals surface area contributed by atoms with Crippen LogP contribution < -0.4 is 5.73 Å². The zero-order valence-electron chi connectivity index (χ0n) is 6.66. The summed E-state index contributed by atoms with van der Waals surface area (Å²) in [5.74, 6) is -0.328. The Morgan fingerprint density at radius 2 is 2.45 bits per heavy atom. The van der Waals surface area contributed by atoms with E-state index < -0.39 is 0 Å². The van der Waals surface area contributed by atoms with Crippen LogP contribution in [0.4, 0.5) is 0 Å². The van der Waals surface area contributed by atoms with Gasteiger partial charge in [0.15, 0.2) is 0 Å². The second-order valence-electron chi connectivity index (χ2n) is 3.03. The van der Waals surface area contributed by atoms with E-state index in [2.05, 4.69) is 0 Å². The summed E-state index contributed by atoms with van der Waals surface area (Å²) in [6, 6.07) is 0.0718. The van der Waals surface area contributed by atoms with Crippen molar-refractivity contribution in [1.29, 1.82) is 0 Å². The first-order valence-electron chi connectivity index (χ1n) is 3.81. The summed E-state index contributed by atoms with van der Waals surface area (Å²) in [4.78, 5) is 12.4. The Hall–Kier alpha value is -0.610. The predicted octanol–water partition coefficient (Wildman–Crippen LogP) is -1.07. The zero-order chi connectivity index (χ0) is 8.43. The minimum Gasteiger partial charge on any atom is -0.391 e. The molecule has 4 nitrogen and oxygen atoms in total. The third-order valence-electron chi connectivity index (χ3n) is 2.20. The average molecular weight is 158 g/mol. The van der Waals surface area contributed by atoms with Crippen molar-refractivity contribution in [2.75, 3.05) is 13.1 Å². The molecule has 0 saturated carbocycles. The molecule has 0 aromatic heterocycles.